The molecule has 1 aliphatic heterocycles. The number of halogens is 1. The highest BCUT2D eigenvalue weighted by Crippen LogP contribution is 2.23. The van der Waals surface area contributed by atoms with E-state index in [9.17, 15) is 5.11 Å². The van der Waals surface area contributed by atoms with Gasteiger partial charge in [0.1, 0.15) is 5.69 Å². The Balaban J connectivity index is 1.66. The van der Waals surface area contributed by atoms with Gasteiger partial charge in [0.05, 0.1) is 12.6 Å². The molecule has 2 atom stereocenters. The second-order valence-electron chi connectivity index (χ2n) is 5.75. The lowest BCUT2D eigenvalue weighted by Gasteiger charge is -2.33. The summed E-state index contributed by atoms with van der Waals surface area (Å²) in [6.07, 6.45) is 0.761. The summed E-state index contributed by atoms with van der Waals surface area (Å²) in [5.74, 6) is 1.20. The lowest BCUT2D eigenvalue weighted by atomic mass is 9.96. The van der Waals surface area contributed by atoms with Gasteiger partial charge < -0.3 is 9.63 Å². The van der Waals surface area contributed by atoms with Crippen molar-refractivity contribution in [2.45, 2.75) is 26.0 Å². The first kappa shape index (κ1) is 14.6. The van der Waals surface area contributed by atoms with Gasteiger partial charge in [-0.15, -0.1) is 0 Å². The summed E-state index contributed by atoms with van der Waals surface area (Å²) in [7, 11) is 0. The molecule has 1 N–H and O–H groups in total. The fourth-order valence-electron chi connectivity index (χ4n) is 2.62. The van der Waals surface area contributed by atoms with Crippen LogP contribution in [0.4, 0.5) is 0 Å². The molecule has 112 valence electrons. The van der Waals surface area contributed by atoms with E-state index in [0.717, 1.165) is 30.0 Å². The van der Waals surface area contributed by atoms with Gasteiger partial charge in [-0.05, 0) is 31.0 Å². The maximum absolute atomic E-state index is 9.93. The first-order valence-corrected chi connectivity index (χ1v) is 7.61. The number of piperidine rings is 1. The van der Waals surface area contributed by atoms with Crippen LogP contribution in [0.15, 0.2) is 34.9 Å². The molecule has 4 nitrogen and oxygen atoms in total. The van der Waals surface area contributed by atoms with Crippen molar-refractivity contribution >= 4 is 11.6 Å². The van der Waals surface area contributed by atoms with Crippen molar-refractivity contribution in [3.63, 3.8) is 0 Å². The highest BCUT2D eigenvalue weighted by Gasteiger charge is 2.25. The topological polar surface area (TPSA) is 49.5 Å². The average molecular weight is 307 g/mol. The van der Waals surface area contributed by atoms with E-state index in [1.165, 1.54) is 0 Å². The lowest BCUT2D eigenvalue weighted by Crippen LogP contribution is -2.42. The zero-order chi connectivity index (χ0) is 14.8. The smallest absolute Gasteiger partial charge is 0.151 e. The van der Waals surface area contributed by atoms with E-state index in [1.54, 1.807) is 0 Å². The molecule has 0 bridgehead atoms. The van der Waals surface area contributed by atoms with Crippen LogP contribution in [-0.4, -0.2) is 34.4 Å². The Labute approximate surface area is 129 Å². The fourth-order valence-corrected chi connectivity index (χ4v) is 2.75. The molecule has 0 radical (unpaired) electrons. The zero-order valence-electron chi connectivity index (χ0n) is 12.0. The largest absolute Gasteiger partial charge is 0.392 e. The van der Waals surface area contributed by atoms with Gasteiger partial charge in [0.2, 0.25) is 0 Å². The quantitative estimate of drug-likeness (QED) is 0.946. The number of β-amino-alcohol motifs (C(OH)–C–C–N with tert-alkyl or cyclic N) is 1. The van der Waals surface area contributed by atoms with E-state index >= 15 is 0 Å². The molecule has 1 aromatic heterocycles. The standard InChI is InChI=1S/C16H19ClN2O2/c1-11-6-7-19(10-16(11)20)9-14-8-15(18-21-14)12-2-4-13(17)5-3-12/h2-5,8,11,16,20H,6-7,9-10H2,1H3. The molecule has 1 aromatic carbocycles. The first-order chi connectivity index (χ1) is 10.1. The molecule has 1 aliphatic rings. The van der Waals surface area contributed by atoms with E-state index < -0.39 is 0 Å². The summed E-state index contributed by atoms with van der Waals surface area (Å²) >= 11 is 5.88. The molecule has 2 unspecified atom stereocenters. The monoisotopic (exact) mass is 306 g/mol. The maximum Gasteiger partial charge on any atom is 0.151 e. The molecule has 1 fully saturated rings. The number of hydrogen-bond acceptors (Lipinski definition) is 4. The molecule has 0 aliphatic carbocycles. The van der Waals surface area contributed by atoms with Crippen molar-refractivity contribution in [3.05, 3.63) is 41.1 Å². The van der Waals surface area contributed by atoms with Crippen LogP contribution < -0.4 is 0 Å². The molecule has 2 aromatic rings. The van der Waals surface area contributed by atoms with Crippen molar-refractivity contribution in [3.8, 4) is 11.3 Å². The second kappa shape index (κ2) is 6.18. The zero-order valence-corrected chi connectivity index (χ0v) is 12.8. The minimum atomic E-state index is -0.252. The van der Waals surface area contributed by atoms with Gasteiger partial charge in [0.15, 0.2) is 5.76 Å². The highest BCUT2D eigenvalue weighted by molar-refractivity contribution is 6.30. The van der Waals surface area contributed by atoms with E-state index in [0.29, 0.717) is 24.0 Å². The number of aliphatic hydroxyl groups excluding tert-OH is 1. The number of hydrogen-bond donors (Lipinski definition) is 1. The van der Waals surface area contributed by atoms with Crippen LogP contribution in [-0.2, 0) is 6.54 Å². The predicted octanol–water partition coefficient (Wildman–Crippen LogP) is 3.20. The number of benzene rings is 1. The van der Waals surface area contributed by atoms with Crippen molar-refractivity contribution < 1.29 is 9.63 Å². The third kappa shape index (κ3) is 3.46. The van der Waals surface area contributed by atoms with Crippen LogP contribution in [0, 0.1) is 5.92 Å². The first-order valence-electron chi connectivity index (χ1n) is 7.24. The minimum Gasteiger partial charge on any atom is -0.392 e. The van der Waals surface area contributed by atoms with E-state index in [4.69, 9.17) is 16.1 Å². The Morgan fingerprint density at radius 3 is 2.86 bits per heavy atom. The van der Waals surface area contributed by atoms with Crippen LogP contribution in [0.2, 0.25) is 5.02 Å². The van der Waals surface area contributed by atoms with Gasteiger partial charge in [-0.2, -0.15) is 0 Å². The fraction of sp³-hybridized carbons (Fsp3) is 0.438. The number of nitrogens with zero attached hydrogens (tertiary/aromatic N) is 2. The Bertz CT molecular complexity index is 597. The molecule has 3 rings (SSSR count). The molecular weight excluding hydrogens is 288 g/mol. The molecule has 1 saturated heterocycles. The summed E-state index contributed by atoms with van der Waals surface area (Å²) in [4.78, 5) is 2.21. The molecule has 0 amide bonds. The van der Waals surface area contributed by atoms with Crippen molar-refractivity contribution in [2.75, 3.05) is 13.1 Å². The van der Waals surface area contributed by atoms with Crippen molar-refractivity contribution in [1.29, 1.82) is 0 Å². The van der Waals surface area contributed by atoms with Gasteiger partial charge in [-0.1, -0.05) is 35.8 Å². The summed E-state index contributed by atoms with van der Waals surface area (Å²) in [5.41, 5.74) is 1.80. The minimum absolute atomic E-state index is 0.252. The van der Waals surface area contributed by atoms with Crippen molar-refractivity contribution in [1.82, 2.24) is 10.1 Å². The number of aliphatic hydroxyl groups is 1. The van der Waals surface area contributed by atoms with Gasteiger partial charge >= 0.3 is 0 Å². The predicted molar refractivity (Wildman–Crippen MR) is 82.0 cm³/mol. The summed E-state index contributed by atoms with van der Waals surface area (Å²) in [6.45, 7) is 4.45. The molecule has 5 heteroatoms. The molecule has 2 heterocycles. The van der Waals surface area contributed by atoms with Crippen LogP contribution in [0.25, 0.3) is 11.3 Å². The number of likely N-dealkylation sites (tertiary alicyclic amines) is 1. The number of aromatic nitrogens is 1. The Morgan fingerprint density at radius 2 is 2.14 bits per heavy atom. The normalized spacial score (nSPS) is 23.4. The number of rotatable bonds is 3. The summed E-state index contributed by atoms with van der Waals surface area (Å²) < 4.78 is 5.41. The van der Waals surface area contributed by atoms with Crippen LogP contribution >= 0.6 is 11.6 Å². The van der Waals surface area contributed by atoms with Crippen LogP contribution in [0.3, 0.4) is 0 Å². The Hall–Kier alpha value is -1.36. The average Bonchev–Trinajstić information content (AvgIpc) is 2.92. The molecule has 0 saturated carbocycles. The van der Waals surface area contributed by atoms with Crippen LogP contribution in [0.5, 0.6) is 0 Å². The van der Waals surface area contributed by atoms with Gasteiger partial charge in [0.25, 0.3) is 0 Å². The van der Waals surface area contributed by atoms with E-state index in [2.05, 4.69) is 17.0 Å². The lowest BCUT2D eigenvalue weighted by molar-refractivity contribution is 0.0227. The van der Waals surface area contributed by atoms with E-state index in [-0.39, 0.29) is 6.10 Å². The van der Waals surface area contributed by atoms with E-state index in [1.807, 2.05) is 30.3 Å². The van der Waals surface area contributed by atoms with Gasteiger partial charge in [0, 0.05) is 23.2 Å². The Kier molecular flexibility index (Phi) is 4.29. The van der Waals surface area contributed by atoms with Gasteiger partial charge in [-0.3, -0.25) is 4.90 Å². The summed E-state index contributed by atoms with van der Waals surface area (Å²) in [6, 6.07) is 9.49. The third-order valence-corrected chi connectivity index (χ3v) is 4.33. The van der Waals surface area contributed by atoms with Crippen LogP contribution in [0.1, 0.15) is 19.1 Å². The third-order valence-electron chi connectivity index (χ3n) is 4.08. The summed E-state index contributed by atoms with van der Waals surface area (Å²) in [5, 5.41) is 14.8. The van der Waals surface area contributed by atoms with Crippen molar-refractivity contribution in [2.24, 2.45) is 5.92 Å². The SMILES string of the molecule is CC1CCN(Cc2cc(-c3ccc(Cl)cc3)no2)CC1O. The van der Waals surface area contributed by atoms with Gasteiger partial charge in [-0.25, -0.2) is 0 Å². The highest BCUT2D eigenvalue weighted by atomic mass is 35.5. The second-order valence-corrected chi connectivity index (χ2v) is 6.19. The Morgan fingerprint density at radius 1 is 1.38 bits per heavy atom. The molecule has 21 heavy (non-hydrogen) atoms. The molecular formula is C16H19ClN2O2. The maximum atomic E-state index is 9.93. The molecule has 0 spiro atoms.